The lowest BCUT2D eigenvalue weighted by atomic mass is 9.97. The molecule has 0 N–H and O–H groups in total. The average Bonchev–Trinajstić information content (AvgIpc) is 3.10. The van der Waals surface area contributed by atoms with Gasteiger partial charge in [0.1, 0.15) is 11.4 Å². The van der Waals surface area contributed by atoms with Gasteiger partial charge in [-0.1, -0.05) is 31.2 Å². The van der Waals surface area contributed by atoms with E-state index in [2.05, 4.69) is 11.8 Å². The second kappa shape index (κ2) is 8.48. The Balaban J connectivity index is 1.60. The molecule has 0 spiro atoms. The molecular weight excluding hydrogens is 411 g/mol. The second-order valence-corrected chi connectivity index (χ2v) is 8.26. The Bertz CT molecular complexity index is 1220. The number of carbonyl (C=O) groups is 1. The van der Waals surface area contributed by atoms with Crippen LogP contribution in [0.15, 0.2) is 51.7 Å². The first-order valence-electron chi connectivity index (χ1n) is 11.0. The van der Waals surface area contributed by atoms with Crippen molar-refractivity contribution in [1.82, 2.24) is 9.80 Å². The second-order valence-electron chi connectivity index (χ2n) is 8.26. The van der Waals surface area contributed by atoms with Crippen LogP contribution in [0, 0.1) is 5.82 Å². The summed E-state index contributed by atoms with van der Waals surface area (Å²) in [5.74, 6) is -0.760. The summed E-state index contributed by atoms with van der Waals surface area (Å²) < 4.78 is 25.2. The fraction of sp³-hybridized carbons (Fsp3) is 0.360. The van der Waals surface area contributed by atoms with Gasteiger partial charge in [-0.25, -0.2) is 4.39 Å². The normalized spacial score (nSPS) is 19.0. The van der Waals surface area contributed by atoms with E-state index in [0.29, 0.717) is 31.9 Å². The number of hydrogen-bond donors (Lipinski definition) is 0. The zero-order valence-corrected chi connectivity index (χ0v) is 18.0. The summed E-state index contributed by atoms with van der Waals surface area (Å²) >= 11 is 0. The van der Waals surface area contributed by atoms with Gasteiger partial charge in [0, 0.05) is 26.2 Å². The summed E-state index contributed by atoms with van der Waals surface area (Å²) in [5.41, 5.74) is 2.18. The van der Waals surface area contributed by atoms with Crippen molar-refractivity contribution in [2.45, 2.75) is 19.4 Å². The van der Waals surface area contributed by atoms with E-state index in [1.165, 1.54) is 23.8 Å². The first-order valence-corrected chi connectivity index (χ1v) is 11.0. The number of hydrogen-bond acceptors (Lipinski definition) is 5. The minimum absolute atomic E-state index is 0.0562. The van der Waals surface area contributed by atoms with Gasteiger partial charge in [-0.2, -0.15) is 0 Å². The van der Waals surface area contributed by atoms with Crippen molar-refractivity contribution in [2.75, 3.05) is 39.4 Å². The Morgan fingerprint density at radius 3 is 2.50 bits per heavy atom. The van der Waals surface area contributed by atoms with Crippen LogP contribution in [0.25, 0.3) is 11.0 Å². The number of fused-ring (bicyclic) bond motifs is 2. The Kier molecular flexibility index (Phi) is 5.53. The van der Waals surface area contributed by atoms with Crippen LogP contribution in [-0.2, 0) is 11.2 Å². The lowest BCUT2D eigenvalue weighted by molar-refractivity contribution is 0.0314. The van der Waals surface area contributed by atoms with E-state index < -0.39 is 11.9 Å². The van der Waals surface area contributed by atoms with E-state index in [0.717, 1.165) is 25.1 Å². The first kappa shape index (κ1) is 20.8. The molecule has 3 heterocycles. The lowest BCUT2D eigenvalue weighted by Gasteiger charge is -2.31. The molecule has 2 aliphatic heterocycles. The fourth-order valence-electron chi connectivity index (χ4n) is 4.58. The van der Waals surface area contributed by atoms with Crippen molar-refractivity contribution < 1.29 is 18.3 Å². The van der Waals surface area contributed by atoms with Gasteiger partial charge >= 0.3 is 0 Å². The zero-order chi connectivity index (χ0) is 22.2. The van der Waals surface area contributed by atoms with Crippen molar-refractivity contribution in [3.63, 3.8) is 0 Å². The van der Waals surface area contributed by atoms with E-state index in [9.17, 15) is 14.0 Å². The van der Waals surface area contributed by atoms with Crippen molar-refractivity contribution in [2.24, 2.45) is 0 Å². The number of nitrogens with zero attached hydrogens (tertiary/aromatic N) is 2. The zero-order valence-electron chi connectivity index (χ0n) is 18.0. The molecule has 3 aromatic rings. The van der Waals surface area contributed by atoms with Crippen LogP contribution in [0.3, 0.4) is 0 Å². The van der Waals surface area contributed by atoms with E-state index in [1.54, 1.807) is 4.90 Å². The summed E-state index contributed by atoms with van der Waals surface area (Å²) in [6.07, 6.45) is 0.896. The van der Waals surface area contributed by atoms with Gasteiger partial charge < -0.3 is 14.1 Å². The molecule has 1 atom stereocenters. The fourth-order valence-corrected chi connectivity index (χ4v) is 4.58. The van der Waals surface area contributed by atoms with E-state index in [4.69, 9.17) is 9.15 Å². The maximum absolute atomic E-state index is 13.9. The molecule has 6 nitrogen and oxygen atoms in total. The molecule has 0 bridgehead atoms. The van der Waals surface area contributed by atoms with Gasteiger partial charge in [0.05, 0.1) is 30.2 Å². The predicted molar refractivity (Wildman–Crippen MR) is 118 cm³/mol. The maximum atomic E-state index is 13.9. The molecule has 32 heavy (non-hydrogen) atoms. The number of ether oxygens (including phenoxy) is 1. The molecule has 2 aliphatic rings. The van der Waals surface area contributed by atoms with Crippen molar-refractivity contribution in [3.05, 3.63) is 81.0 Å². The number of halogens is 1. The van der Waals surface area contributed by atoms with Gasteiger partial charge in [0.2, 0.25) is 5.76 Å². The number of aryl methyl sites for hydroxylation is 1. The minimum atomic E-state index is -0.562. The molecule has 1 fully saturated rings. The highest BCUT2D eigenvalue weighted by atomic mass is 19.1. The summed E-state index contributed by atoms with van der Waals surface area (Å²) in [5, 5.41) is 0.154. The molecule has 0 radical (unpaired) electrons. The SMILES string of the molecule is CCc1ccc([C@H]2c3c(oc4ccc(F)cc4c3=O)C(=O)N2CCN2CCOCC2)cc1. The summed E-state index contributed by atoms with van der Waals surface area (Å²) in [4.78, 5) is 30.8. The molecule has 166 valence electrons. The third-order valence-corrected chi connectivity index (χ3v) is 6.39. The Labute approximate surface area is 185 Å². The molecule has 1 saturated heterocycles. The highest BCUT2D eigenvalue weighted by molar-refractivity contribution is 5.99. The first-order chi connectivity index (χ1) is 15.6. The Hall–Kier alpha value is -3.03. The summed E-state index contributed by atoms with van der Waals surface area (Å²) in [6.45, 7) is 6.17. The van der Waals surface area contributed by atoms with Crippen LogP contribution in [0.4, 0.5) is 4.39 Å². The monoisotopic (exact) mass is 436 g/mol. The van der Waals surface area contributed by atoms with Gasteiger partial charge in [-0.05, 0) is 35.7 Å². The third-order valence-electron chi connectivity index (χ3n) is 6.39. The number of amides is 1. The van der Waals surface area contributed by atoms with E-state index in [1.807, 2.05) is 24.3 Å². The quantitative estimate of drug-likeness (QED) is 0.614. The van der Waals surface area contributed by atoms with Crippen LogP contribution in [0.5, 0.6) is 0 Å². The largest absolute Gasteiger partial charge is 0.450 e. The molecule has 0 saturated carbocycles. The molecule has 5 rings (SSSR count). The lowest BCUT2D eigenvalue weighted by Crippen LogP contribution is -2.42. The predicted octanol–water partition coefficient (Wildman–Crippen LogP) is 3.37. The maximum Gasteiger partial charge on any atom is 0.290 e. The summed E-state index contributed by atoms with van der Waals surface area (Å²) in [6, 6.07) is 11.2. The van der Waals surface area contributed by atoms with Crippen LogP contribution >= 0.6 is 0 Å². The van der Waals surface area contributed by atoms with Crippen LogP contribution in [0.1, 0.15) is 40.2 Å². The van der Waals surface area contributed by atoms with Crippen molar-refractivity contribution in [1.29, 1.82) is 0 Å². The van der Waals surface area contributed by atoms with E-state index >= 15 is 0 Å². The number of rotatable bonds is 5. The highest BCUT2D eigenvalue weighted by Crippen LogP contribution is 2.38. The molecular formula is C25H25FN2O4. The van der Waals surface area contributed by atoms with Crippen molar-refractivity contribution >= 4 is 16.9 Å². The molecule has 7 heteroatoms. The Morgan fingerprint density at radius 2 is 1.78 bits per heavy atom. The van der Waals surface area contributed by atoms with Crippen LogP contribution in [-0.4, -0.2) is 55.1 Å². The standard InChI is InChI=1S/C25H25FN2O4/c1-2-16-3-5-17(6-4-16)22-21-23(29)19-15-18(26)7-8-20(19)32-24(21)25(30)28(22)10-9-27-11-13-31-14-12-27/h3-8,15,22H,2,9-14H2,1H3/t22-/m0/s1. The van der Waals surface area contributed by atoms with Gasteiger partial charge in [-0.15, -0.1) is 0 Å². The van der Waals surface area contributed by atoms with Crippen LogP contribution in [0.2, 0.25) is 0 Å². The number of carbonyl (C=O) groups excluding carboxylic acids is 1. The molecule has 1 aromatic heterocycles. The Morgan fingerprint density at radius 1 is 1.03 bits per heavy atom. The number of morpholine rings is 1. The molecule has 2 aromatic carbocycles. The van der Waals surface area contributed by atoms with E-state index in [-0.39, 0.29) is 28.1 Å². The smallest absolute Gasteiger partial charge is 0.290 e. The van der Waals surface area contributed by atoms with Crippen LogP contribution < -0.4 is 5.43 Å². The molecule has 0 unspecified atom stereocenters. The third kappa shape index (κ3) is 3.61. The number of benzene rings is 2. The van der Waals surface area contributed by atoms with Crippen molar-refractivity contribution in [3.8, 4) is 0 Å². The highest BCUT2D eigenvalue weighted by Gasteiger charge is 2.42. The summed E-state index contributed by atoms with van der Waals surface area (Å²) in [7, 11) is 0. The molecule has 0 aliphatic carbocycles. The topological polar surface area (TPSA) is 63.0 Å². The van der Waals surface area contributed by atoms with Gasteiger partial charge in [0.15, 0.2) is 5.43 Å². The average molecular weight is 436 g/mol. The molecule has 1 amide bonds. The van der Waals surface area contributed by atoms with Gasteiger partial charge in [0.25, 0.3) is 5.91 Å². The van der Waals surface area contributed by atoms with Gasteiger partial charge in [-0.3, -0.25) is 14.5 Å². The minimum Gasteiger partial charge on any atom is -0.450 e.